The normalized spacial score (nSPS) is 23.4. The number of carbonyl (C=O) groups excluding carboxylic acids is 1. The third-order valence-electron chi connectivity index (χ3n) is 4.99. The largest absolute Gasteiger partial charge is 0.317 e. The Bertz CT molecular complexity index is 788. The SMILES string of the molecule is O=C(Nc1ncc(C2CCNCC2)s1)C1CC1c1ccc(F)c(F)c1. The molecule has 1 aliphatic heterocycles. The van der Waals surface area contributed by atoms with Gasteiger partial charge in [0.25, 0.3) is 0 Å². The maximum Gasteiger partial charge on any atom is 0.229 e. The predicted molar refractivity (Wildman–Crippen MR) is 92.8 cm³/mol. The summed E-state index contributed by atoms with van der Waals surface area (Å²) in [4.78, 5) is 17.9. The predicted octanol–water partition coefficient (Wildman–Crippen LogP) is 3.63. The van der Waals surface area contributed by atoms with Gasteiger partial charge in [0.15, 0.2) is 16.8 Å². The number of rotatable bonds is 4. The molecule has 2 heterocycles. The Morgan fingerprint density at radius 1 is 1.24 bits per heavy atom. The molecule has 1 amide bonds. The van der Waals surface area contributed by atoms with E-state index in [1.807, 2.05) is 6.20 Å². The van der Waals surface area contributed by atoms with Crippen molar-refractivity contribution >= 4 is 22.4 Å². The molecule has 2 fully saturated rings. The quantitative estimate of drug-likeness (QED) is 0.872. The number of amides is 1. The van der Waals surface area contributed by atoms with Crippen molar-refractivity contribution in [2.75, 3.05) is 18.4 Å². The number of hydrogen-bond acceptors (Lipinski definition) is 4. The highest BCUT2D eigenvalue weighted by molar-refractivity contribution is 7.15. The van der Waals surface area contributed by atoms with Crippen LogP contribution < -0.4 is 10.6 Å². The molecule has 7 heteroatoms. The molecule has 1 aliphatic carbocycles. The highest BCUT2D eigenvalue weighted by atomic mass is 32.1. The summed E-state index contributed by atoms with van der Waals surface area (Å²) in [5, 5.41) is 6.83. The summed E-state index contributed by atoms with van der Waals surface area (Å²) in [5.41, 5.74) is 0.675. The van der Waals surface area contributed by atoms with Gasteiger partial charge < -0.3 is 10.6 Å². The minimum atomic E-state index is -0.866. The average molecular weight is 363 g/mol. The molecular weight excluding hydrogens is 344 g/mol. The molecule has 2 unspecified atom stereocenters. The van der Waals surface area contributed by atoms with E-state index in [0.717, 1.165) is 32.0 Å². The van der Waals surface area contributed by atoms with E-state index in [2.05, 4.69) is 15.6 Å². The molecule has 2 N–H and O–H groups in total. The van der Waals surface area contributed by atoms with Gasteiger partial charge in [-0.15, -0.1) is 11.3 Å². The highest BCUT2D eigenvalue weighted by Gasteiger charge is 2.44. The maximum absolute atomic E-state index is 13.3. The van der Waals surface area contributed by atoms with Crippen LogP contribution in [0.25, 0.3) is 0 Å². The number of aromatic nitrogens is 1. The van der Waals surface area contributed by atoms with Crippen LogP contribution >= 0.6 is 11.3 Å². The maximum atomic E-state index is 13.3. The second-order valence-corrected chi connectivity index (χ2v) is 7.77. The number of nitrogens with one attached hydrogen (secondary N) is 2. The monoisotopic (exact) mass is 363 g/mol. The fourth-order valence-corrected chi connectivity index (χ4v) is 4.42. The van der Waals surface area contributed by atoms with Crippen molar-refractivity contribution in [3.8, 4) is 0 Å². The lowest BCUT2D eigenvalue weighted by Crippen LogP contribution is -2.26. The zero-order valence-electron chi connectivity index (χ0n) is 13.6. The first kappa shape index (κ1) is 16.6. The Morgan fingerprint density at radius 2 is 2.04 bits per heavy atom. The summed E-state index contributed by atoms with van der Waals surface area (Å²) >= 11 is 1.53. The van der Waals surface area contributed by atoms with Gasteiger partial charge in [0.05, 0.1) is 0 Å². The third kappa shape index (κ3) is 3.57. The molecule has 0 bridgehead atoms. The molecule has 132 valence electrons. The molecular formula is C18H19F2N3OS. The van der Waals surface area contributed by atoms with Crippen LogP contribution in [0.15, 0.2) is 24.4 Å². The molecule has 1 aromatic heterocycles. The van der Waals surface area contributed by atoms with Gasteiger partial charge in [-0.3, -0.25) is 4.79 Å². The number of carbonyl (C=O) groups is 1. The van der Waals surface area contributed by atoms with Gasteiger partial charge in [0.1, 0.15) is 0 Å². The Kier molecular flexibility index (Phi) is 4.52. The van der Waals surface area contributed by atoms with Crippen LogP contribution in [0.2, 0.25) is 0 Å². The van der Waals surface area contributed by atoms with Crippen LogP contribution in [0.3, 0.4) is 0 Å². The Hall–Kier alpha value is -1.86. The van der Waals surface area contributed by atoms with E-state index < -0.39 is 11.6 Å². The van der Waals surface area contributed by atoms with Crippen LogP contribution in [0, 0.1) is 17.6 Å². The lowest BCUT2D eigenvalue weighted by atomic mass is 9.97. The molecule has 2 aliphatic rings. The van der Waals surface area contributed by atoms with Crippen molar-refractivity contribution in [2.24, 2.45) is 5.92 Å². The molecule has 2 aromatic rings. The van der Waals surface area contributed by atoms with Crippen molar-refractivity contribution in [3.63, 3.8) is 0 Å². The number of benzene rings is 1. The van der Waals surface area contributed by atoms with Gasteiger partial charge in [0.2, 0.25) is 5.91 Å². The molecule has 1 saturated heterocycles. The van der Waals surface area contributed by atoms with Gasteiger partial charge in [0, 0.05) is 17.0 Å². The van der Waals surface area contributed by atoms with Gasteiger partial charge in [-0.2, -0.15) is 0 Å². The van der Waals surface area contributed by atoms with Crippen LogP contribution in [0.1, 0.15) is 41.5 Å². The van der Waals surface area contributed by atoms with E-state index in [-0.39, 0.29) is 17.7 Å². The summed E-state index contributed by atoms with van der Waals surface area (Å²) in [5.74, 6) is -1.55. The fraction of sp³-hybridized carbons (Fsp3) is 0.444. The minimum Gasteiger partial charge on any atom is -0.317 e. The lowest BCUT2D eigenvalue weighted by Gasteiger charge is -2.20. The van der Waals surface area contributed by atoms with Crippen molar-refractivity contribution in [1.82, 2.24) is 10.3 Å². The second-order valence-electron chi connectivity index (χ2n) is 6.70. The van der Waals surface area contributed by atoms with Gasteiger partial charge in [-0.25, -0.2) is 13.8 Å². The Morgan fingerprint density at radius 3 is 2.80 bits per heavy atom. The lowest BCUT2D eigenvalue weighted by molar-refractivity contribution is -0.117. The van der Waals surface area contributed by atoms with E-state index in [0.29, 0.717) is 23.0 Å². The Labute approximate surface area is 148 Å². The smallest absolute Gasteiger partial charge is 0.229 e. The van der Waals surface area contributed by atoms with E-state index in [1.165, 1.54) is 22.3 Å². The van der Waals surface area contributed by atoms with Crippen molar-refractivity contribution < 1.29 is 13.6 Å². The summed E-state index contributed by atoms with van der Waals surface area (Å²) in [7, 11) is 0. The van der Waals surface area contributed by atoms with E-state index >= 15 is 0 Å². The van der Waals surface area contributed by atoms with Crippen LogP contribution in [-0.4, -0.2) is 24.0 Å². The third-order valence-corrected chi connectivity index (χ3v) is 6.07. The van der Waals surface area contributed by atoms with Crippen LogP contribution in [-0.2, 0) is 4.79 Å². The van der Waals surface area contributed by atoms with E-state index in [1.54, 1.807) is 6.07 Å². The standard InChI is InChI=1S/C18H19F2N3OS/c19-14-2-1-11(7-15(14)20)12-8-13(12)17(24)23-18-22-9-16(25-18)10-3-5-21-6-4-10/h1-2,7,9-10,12-13,21H,3-6,8H2,(H,22,23,24). The molecule has 25 heavy (non-hydrogen) atoms. The number of anilines is 1. The highest BCUT2D eigenvalue weighted by Crippen LogP contribution is 2.48. The molecule has 1 saturated carbocycles. The van der Waals surface area contributed by atoms with Crippen molar-refractivity contribution in [2.45, 2.75) is 31.1 Å². The first-order valence-corrected chi connectivity index (χ1v) is 9.35. The molecule has 4 nitrogen and oxygen atoms in total. The van der Waals surface area contributed by atoms with Gasteiger partial charge in [-0.05, 0) is 61.9 Å². The topological polar surface area (TPSA) is 54.0 Å². The number of piperidine rings is 1. The van der Waals surface area contributed by atoms with Crippen LogP contribution in [0.5, 0.6) is 0 Å². The zero-order chi connectivity index (χ0) is 17.4. The summed E-state index contributed by atoms with van der Waals surface area (Å²) in [6.07, 6.45) is 4.70. The van der Waals surface area contributed by atoms with Crippen LogP contribution in [0.4, 0.5) is 13.9 Å². The van der Waals surface area contributed by atoms with E-state index in [9.17, 15) is 13.6 Å². The summed E-state index contributed by atoms with van der Waals surface area (Å²) in [6, 6.07) is 3.85. The zero-order valence-corrected chi connectivity index (χ0v) is 14.4. The number of halogens is 2. The molecule has 2 atom stereocenters. The number of thiazole rings is 1. The number of nitrogens with zero attached hydrogens (tertiary/aromatic N) is 1. The molecule has 1 aromatic carbocycles. The second kappa shape index (κ2) is 6.80. The molecule has 0 radical (unpaired) electrons. The van der Waals surface area contributed by atoms with Gasteiger partial charge in [-0.1, -0.05) is 6.07 Å². The molecule has 0 spiro atoms. The number of hydrogen-bond donors (Lipinski definition) is 2. The summed E-state index contributed by atoms with van der Waals surface area (Å²) < 4.78 is 26.3. The Balaban J connectivity index is 1.36. The van der Waals surface area contributed by atoms with Gasteiger partial charge >= 0.3 is 0 Å². The summed E-state index contributed by atoms with van der Waals surface area (Å²) in [6.45, 7) is 2.03. The van der Waals surface area contributed by atoms with E-state index in [4.69, 9.17) is 0 Å². The first-order valence-electron chi connectivity index (χ1n) is 8.54. The fourth-order valence-electron chi connectivity index (χ4n) is 3.43. The average Bonchev–Trinajstić information content (AvgIpc) is 3.30. The van der Waals surface area contributed by atoms with Crippen molar-refractivity contribution in [3.05, 3.63) is 46.5 Å². The molecule has 4 rings (SSSR count). The minimum absolute atomic E-state index is 0.0426. The first-order chi connectivity index (χ1) is 12.1. The van der Waals surface area contributed by atoms with Crippen molar-refractivity contribution in [1.29, 1.82) is 0 Å².